The van der Waals surface area contributed by atoms with Crippen molar-refractivity contribution in [3.63, 3.8) is 0 Å². The van der Waals surface area contributed by atoms with Crippen LogP contribution in [0.3, 0.4) is 0 Å². The number of phosphoric acid groups is 1. The van der Waals surface area contributed by atoms with E-state index < -0.39 is 32.5 Å². The van der Waals surface area contributed by atoms with Gasteiger partial charge in [-0.25, -0.2) is 4.57 Å². The molecule has 0 aromatic rings. The lowest BCUT2D eigenvalue weighted by molar-refractivity contribution is -0.161. The molecule has 10 heteroatoms. The molecule has 0 spiro atoms. The Morgan fingerprint density at radius 2 is 1.00 bits per heavy atom. The lowest BCUT2D eigenvalue weighted by Crippen LogP contribution is -2.29. The van der Waals surface area contributed by atoms with E-state index in [1.807, 2.05) is 0 Å². The van der Waals surface area contributed by atoms with Gasteiger partial charge in [-0.1, -0.05) is 164 Å². The standard InChI is InChI=1S/C45H78NO8P/c1-3-5-7-9-11-13-15-16-17-18-19-20-21-22-23-24-25-26-28-30-32-34-36-38-45(48)54-43(42-53-55(49,50)52-40-39-46)41-51-44(47)37-35-33-31-29-27-14-12-10-8-6-4-2/h5,7,11,13,16-17,19-20,22-23,25-26,43H,3-4,6,8-10,12,14-15,18,21,24,27-42,46H2,1-2H3,(H,49,50)/b7-5-,13-11-,17-16-,20-19-,23-22-,26-25-. The Labute approximate surface area is 335 Å². The van der Waals surface area contributed by atoms with Gasteiger partial charge in [-0.2, -0.15) is 0 Å². The molecule has 0 aromatic heterocycles. The van der Waals surface area contributed by atoms with Crippen molar-refractivity contribution in [1.82, 2.24) is 0 Å². The summed E-state index contributed by atoms with van der Waals surface area (Å²) in [7, 11) is -4.38. The van der Waals surface area contributed by atoms with Crippen molar-refractivity contribution in [1.29, 1.82) is 0 Å². The zero-order valence-corrected chi connectivity index (χ0v) is 35.5. The zero-order chi connectivity index (χ0) is 40.3. The first kappa shape index (κ1) is 52.5. The van der Waals surface area contributed by atoms with E-state index >= 15 is 0 Å². The number of hydrogen-bond acceptors (Lipinski definition) is 8. The number of phosphoric ester groups is 1. The third kappa shape index (κ3) is 40.9. The molecule has 0 saturated carbocycles. The number of hydrogen-bond donors (Lipinski definition) is 2. The summed E-state index contributed by atoms with van der Waals surface area (Å²) in [6.45, 7) is 3.56. The maximum absolute atomic E-state index is 12.6. The van der Waals surface area contributed by atoms with Crippen molar-refractivity contribution in [3.05, 3.63) is 72.9 Å². The minimum absolute atomic E-state index is 0.0460. The van der Waals surface area contributed by atoms with Crippen LogP contribution in [-0.4, -0.2) is 49.3 Å². The largest absolute Gasteiger partial charge is 0.472 e. The minimum atomic E-state index is -4.38. The highest BCUT2D eigenvalue weighted by Crippen LogP contribution is 2.43. The van der Waals surface area contributed by atoms with Gasteiger partial charge in [0.25, 0.3) is 0 Å². The fourth-order valence-electron chi connectivity index (χ4n) is 5.46. The first-order valence-electron chi connectivity index (χ1n) is 21.4. The second kappa shape index (κ2) is 41.1. The van der Waals surface area contributed by atoms with Crippen LogP contribution in [0.2, 0.25) is 0 Å². The maximum atomic E-state index is 12.6. The van der Waals surface area contributed by atoms with Crippen LogP contribution in [0, 0.1) is 0 Å². The highest BCUT2D eigenvalue weighted by molar-refractivity contribution is 7.47. The van der Waals surface area contributed by atoms with Gasteiger partial charge in [-0.3, -0.25) is 18.6 Å². The number of carbonyl (C=O) groups is 2. The zero-order valence-electron chi connectivity index (χ0n) is 34.6. The molecule has 0 heterocycles. The molecule has 0 aliphatic rings. The van der Waals surface area contributed by atoms with E-state index in [1.54, 1.807) is 0 Å². The van der Waals surface area contributed by atoms with Crippen LogP contribution < -0.4 is 5.73 Å². The Hall–Kier alpha value is -2.55. The lowest BCUT2D eigenvalue weighted by Gasteiger charge is -2.19. The molecule has 0 fully saturated rings. The van der Waals surface area contributed by atoms with Gasteiger partial charge in [0.05, 0.1) is 13.2 Å². The quantitative estimate of drug-likeness (QED) is 0.0270. The molecule has 0 amide bonds. The molecule has 0 aromatic carbocycles. The molecule has 0 rings (SSSR count). The van der Waals surface area contributed by atoms with Crippen molar-refractivity contribution in [3.8, 4) is 0 Å². The van der Waals surface area contributed by atoms with E-state index in [0.29, 0.717) is 6.42 Å². The fraction of sp³-hybridized carbons (Fsp3) is 0.689. The molecule has 0 saturated heterocycles. The Morgan fingerprint density at radius 3 is 1.49 bits per heavy atom. The van der Waals surface area contributed by atoms with Crippen molar-refractivity contribution in [2.75, 3.05) is 26.4 Å². The molecule has 0 aliphatic carbocycles. The Bertz CT molecular complexity index is 1130. The van der Waals surface area contributed by atoms with Gasteiger partial charge in [-0.15, -0.1) is 0 Å². The van der Waals surface area contributed by atoms with Crippen LogP contribution in [0.4, 0.5) is 0 Å². The van der Waals surface area contributed by atoms with Crippen molar-refractivity contribution in [2.24, 2.45) is 5.73 Å². The molecular formula is C45H78NO8P. The van der Waals surface area contributed by atoms with Crippen LogP contribution in [-0.2, 0) is 32.7 Å². The number of rotatable bonds is 39. The number of esters is 2. The van der Waals surface area contributed by atoms with E-state index in [1.165, 1.54) is 51.4 Å². The normalized spacial score (nSPS) is 14.0. The van der Waals surface area contributed by atoms with Gasteiger partial charge in [-0.05, 0) is 64.2 Å². The van der Waals surface area contributed by atoms with E-state index in [0.717, 1.165) is 83.5 Å². The average Bonchev–Trinajstić information content (AvgIpc) is 3.17. The van der Waals surface area contributed by atoms with Crippen molar-refractivity contribution in [2.45, 2.75) is 174 Å². The van der Waals surface area contributed by atoms with Crippen molar-refractivity contribution < 1.29 is 37.6 Å². The Balaban J connectivity index is 4.21. The molecule has 0 aliphatic heterocycles. The second-order valence-electron chi connectivity index (χ2n) is 13.8. The second-order valence-corrected chi connectivity index (χ2v) is 15.3. The van der Waals surface area contributed by atoms with E-state index in [-0.39, 0.29) is 32.6 Å². The van der Waals surface area contributed by atoms with Gasteiger partial charge in [0, 0.05) is 19.4 Å². The van der Waals surface area contributed by atoms with Gasteiger partial charge in [0.2, 0.25) is 0 Å². The number of ether oxygens (including phenoxy) is 2. The smallest absolute Gasteiger partial charge is 0.462 e. The van der Waals surface area contributed by atoms with Crippen LogP contribution in [0.15, 0.2) is 72.9 Å². The summed E-state index contributed by atoms with van der Waals surface area (Å²) in [5.41, 5.74) is 5.34. The number of carbonyl (C=O) groups excluding carboxylic acids is 2. The summed E-state index contributed by atoms with van der Waals surface area (Å²) >= 11 is 0. The Kier molecular flexibility index (Phi) is 39.2. The molecule has 316 valence electrons. The molecule has 55 heavy (non-hydrogen) atoms. The average molecular weight is 792 g/mol. The fourth-order valence-corrected chi connectivity index (χ4v) is 6.23. The summed E-state index contributed by atoms with van der Waals surface area (Å²) in [5, 5.41) is 0. The van der Waals surface area contributed by atoms with Crippen molar-refractivity contribution >= 4 is 19.8 Å². The minimum Gasteiger partial charge on any atom is -0.462 e. The third-order valence-corrected chi connectivity index (χ3v) is 9.59. The molecule has 0 bridgehead atoms. The summed E-state index contributed by atoms with van der Waals surface area (Å²) in [6.07, 6.45) is 49.3. The molecule has 3 N–H and O–H groups in total. The van der Waals surface area contributed by atoms with E-state index in [4.69, 9.17) is 24.3 Å². The van der Waals surface area contributed by atoms with Crippen LogP contribution in [0.1, 0.15) is 168 Å². The molecule has 2 unspecified atom stereocenters. The SMILES string of the molecule is CC/C=C\C/C=C\C/C=C\C/C=C\C/C=C\C/C=C\CCCCCCC(=O)OC(COC(=O)CCCCCCCCCCCCC)COP(=O)(O)OCCN. The number of unbranched alkanes of at least 4 members (excludes halogenated alkanes) is 14. The first-order valence-corrected chi connectivity index (χ1v) is 22.9. The van der Waals surface area contributed by atoms with Crippen LogP contribution in [0.5, 0.6) is 0 Å². The van der Waals surface area contributed by atoms with E-state index in [2.05, 4.69) is 86.8 Å². The first-order chi connectivity index (χ1) is 26.8. The summed E-state index contributed by atoms with van der Waals surface area (Å²) in [6, 6.07) is 0. The molecular weight excluding hydrogens is 713 g/mol. The molecule has 0 radical (unpaired) electrons. The predicted molar refractivity (Wildman–Crippen MR) is 229 cm³/mol. The summed E-state index contributed by atoms with van der Waals surface area (Å²) < 4.78 is 32.7. The Morgan fingerprint density at radius 1 is 0.564 bits per heavy atom. The molecule has 9 nitrogen and oxygen atoms in total. The van der Waals surface area contributed by atoms with Gasteiger partial charge in [0.1, 0.15) is 6.61 Å². The highest BCUT2D eigenvalue weighted by atomic mass is 31.2. The maximum Gasteiger partial charge on any atom is 0.472 e. The number of nitrogens with two attached hydrogens (primary N) is 1. The highest BCUT2D eigenvalue weighted by Gasteiger charge is 2.26. The number of allylic oxidation sites excluding steroid dienone is 12. The topological polar surface area (TPSA) is 134 Å². The third-order valence-electron chi connectivity index (χ3n) is 8.61. The summed E-state index contributed by atoms with van der Waals surface area (Å²) in [5.74, 6) is -0.863. The molecule has 2 atom stereocenters. The van der Waals surface area contributed by atoms with Gasteiger partial charge in [0.15, 0.2) is 6.10 Å². The predicted octanol–water partition coefficient (Wildman–Crippen LogP) is 12.3. The van der Waals surface area contributed by atoms with Gasteiger partial charge >= 0.3 is 19.8 Å². The monoisotopic (exact) mass is 792 g/mol. The van der Waals surface area contributed by atoms with Crippen LogP contribution >= 0.6 is 7.82 Å². The van der Waals surface area contributed by atoms with Gasteiger partial charge < -0.3 is 20.1 Å². The summed E-state index contributed by atoms with van der Waals surface area (Å²) in [4.78, 5) is 34.8. The lowest BCUT2D eigenvalue weighted by atomic mass is 10.1. The van der Waals surface area contributed by atoms with E-state index in [9.17, 15) is 19.0 Å². The van der Waals surface area contributed by atoms with Crippen LogP contribution in [0.25, 0.3) is 0 Å².